The monoisotopic (exact) mass is 417 g/mol. The molecule has 0 bridgehead atoms. The predicted molar refractivity (Wildman–Crippen MR) is 116 cm³/mol. The smallest absolute Gasteiger partial charge is 0.344 e. The Kier molecular flexibility index (Phi) is 8.09. The third kappa shape index (κ3) is 6.50. The van der Waals surface area contributed by atoms with Gasteiger partial charge >= 0.3 is 5.97 Å². The number of carbonyl (C=O) groups excluding carboxylic acids is 2. The first-order valence-electron chi connectivity index (χ1n) is 9.73. The Hall–Kier alpha value is -2.53. The first-order valence-corrected chi connectivity index (χ1v) is 10.1. The van der Waals surface area contributed by atoms with Gasteiger partial charge in [0.25, 0.3) is 5.91 Å². The van der Waals surface area contributed by atoms with Crippen LogP contribution in [0.15, 0.2) is 36.4 Å². The number of hydrogen-bond acceptors (Lipinski definition) is 4. The summed E-state index contributed by atoms with van der Waals surface area (Å²) in [7, 11) is 0. The minimum atomic E-state index is -0.937. The zero-order chi connectivity index (χ0) is 21.6. The number of esters is 1. The predicted octanol–water partition coefficient (Wildman–Crippen LogP) is 5.28. The Labute approximate surface area is 177 Å². The largest absolute Gasteiger partial charge is 0.482 e. The molecule has 1 N–H and O–H groups in total. The molecule has 6 heteroatoms. The van der Waals surface area contributed by atoms with E-state index >= 15 is 0 Å². The minimum Gasteiger partial charge on any atom is -0.482 e. The second kappa shape index (κ2) is 10.3. The van der Waals surface area contributed by atoms with Crippen molar-refractivity contribution in [3.05, 3.63) is 58.1 Å². The molecule has 156 valence electrons. The van der Waals surface area contributed by atoms with Crippen molar-refractivity contribution in [3.8, 4) is 5.75 Å². The SMILES string of the molecule is CCc1ccc(NC(=O)[C@@H](C)OC(=O)COc2cc(C)c(Cl)cc2C(C)C)cc1. The third-order valence-corrected chi connectivity index (χ3v) is 4.97. The number of halogens is 1. The number of carbonyl (C=O) groups is 2. The molecule has 0 aliphatic carbocycles. The normalized spacial score (nSPS) is 11.8. The van der Waals surface area contributed by atoms with Gasteiger partial charge in [0.15, 0.2) is 12.7 Å². The molecule has 0 aliphatic rings. The van der Waals surface area contributed by atoms with Gasteiger partial charge in [-0.25, -0.2) is 4.79 Å². The van der Waals surface area contributed by atoms with Gasteiger partial charge in [0.2, 0.25) is 0 Å². The third-order valence-electron chi connectivity index (χ3n) is 4.57. The van der Waals surface area contributed by atoms with Gasteiger partial charge in [0.05, 0.1) is 0 Å². The van der Waals surface area contributed by atoms with Crippen LogP contribution in [0.3, 0.4) is 0 Å². The van der Waals surface area contributed by atoms with E-state index in [1.807, 2.05) is 51.1 Å². The van der Waals surface area contributed by atoms with Crippen molar-refractivity contribution in [2.45, 2.75) is 53.1 Å². The molecule has 0 radical (unpaired) electrons. The van der Waals surface area contributed by atoms with Gasteiger partial charge in [-0.1, -0.05) is 44.5 Å². The summed E-state index contributed by atoms with van der Waals surface area (Å²) in [6.45, 7) is 9.21. The van der Waals surface area contributed by atoms with Gasteiger partial charge in [-0.15, -0.1) is 0 Å². The average Bonchev–Trinajstić information content (AvgIpc) is 2.68. The summed E-state index contributed by atoms with van der Waals surface area (Å²) in [5, 5.41) is 3.39. The number of nitrogens with one attached hydrogen (secondary N) is 1. The van der Waals surface area contributed by atoms with Crippen LogP contribution in [0.5, 0.6) is 5.75 Å². The molecule has 5 nitrogen and oxygen atoms in total. The first-order chi connectivity index (χ1) is 13.7. The van der Waals surface area contributed by atoms with E-state index in [1.165, 1.54) is 12.5 Å². The molecule has 2 rings (SSSR count). The number of benzene rings is 2. The molecular formula is C23H28ClNO4. The average molecular weight is 418 g/mol. The number of hydrogen-bond donors (Lipinski definition) is 1. The van der Waals surface area contributed by atoms with Crippen LogP contribution in [0, 0.1) is 6.92 Å². The summed E-state index contributed by atoms with van der Waals surface area (Å²) in [4.78, 5) is 24.4. The van der Waals surface area contributed by atoms with Gasteiger partial charge in [0, 0.05) is 10.7 Å². The van der Waals surface area contributed by atoms with E-state index in [2.05, 4.69) is 12.2 Å². The quantitative estimate of drug-likeness (QED) is 0.593. The molecule has 0 saturated heterocycles. The van der Waals surface area contributed by atoms with Crippen molar-refractivity contribution < 1.29 is 19.1 Å². The van der Waals surface area contributed by atoms with E-state index in [0.717, 1.165) is 17.5 Å². The van der Waals surface area contributed by atoms with Crippen LogP contribution in [0.2, 0.25) is 5.02 Å². The number of rotatable bonds is 8. The highest BCUT2D eigenvalue weighted by molar-refractivity contribution is 6.31. The van der Waals surface area contributed by atoms with E-state index < -0.39 is 18.0 Å². The van der Waals surface area contributed by atoms with Gasteiger partial charge < -0.3 is 14.8 Å². The van der Waals surface area contributed by atoms with Crippen molar-refractivity contribution in [1.29, 1.82) is 0 Å². The molecule has 0 spiro atoms. The fraction of sp³-hybridized carbons (Fsp3) is 0.391. The number of amides is 1. The molecule has 0 aliphatic heterocycles. The highest BCUT2D eigenvalue weighted by atomic mass is 35.5. The van der Waals surface area contributed by atoms with Crippen LogP contribution < -0.4 is 10.1 Å². The Morgan fingerprint density at radius 3 is 2.34 bits per heavy atom. The van der Waals surface area contributed by atoms with Crippen LogP contribution >= 0.6 is 11.6 Å². The summed E-state index contributed by atoms with van der Waals surface area (Å²) < 4.78 is 10.9. The topological polar surface area (TPSA) is 64.6 Å². The molecule has 0 saturated carbocycles. The molecule has 0 unspecified atom stereocenters. The lowest BCUT2D eigenvalue weighted by Gasteiger charge is -2.17. The molecule has 0 fully saturated rings. The van der Waals surface area contributed by atoms with E-state index in [-0.39, 0.29) is 12.5 Å². The first kappa shape index (κ1) is 22.8. The Bertz CT molecular complexity index is 862. The van der Waals surface area contributed by atoms with Crippen molar-refractivity contribution >= 4 is 29.2 Å². The lowest BCUT2D eigenvalue weighted by molar-refractivity contribution is -0.155. The molecule has 0 aromatic heterocycles. The maximum absolute atomic E-state index is 12.3. The van der Waals surface area contributed by atoms with Gasteiger partial charge in [-0.05, 0) is 67.1 Å². The number of aryl methyl sites for hydroxylation is 2. The van der Waals surface area contributed by atoms with Gasteiger partial charge in [0.1, 0.15) is 5.75 Å². The fourth-order valence-corrected chi connectivity index (χ4v) is 2.91. The van der Waals surface area contributed by atoms with E-state index in [0.29, 0.717) is 16.5 Å². The minimum absolute atomic E-state index is 0.183. The van der Waals surface area contributed by atoms with Crippen LogP contribution in [0.1, 0.15) is 50.3 Å². The zero-order valence-corrected chi connectivity index (χ0v) is 18.3. The highest BCUT2D eigenvalue weighted by Gasteiger charge is 2.19. The van der Waals surface area contributed by atoms with E-state index in [9.17, 15) is 9.59 Å². The van der Waals surface area contributed by atoms with Gasteiger partial charge in [-0.3, -0.25) is 4.79 Å². The van der Waals surface area contributed by atoms with E-state index in [1.54, 1.807) is 6.07 Å². The van der Waals surface area contributed by atoms with Crippen molar-refractivity contribution in [3.63, 3.8) is 0 Å². The lowest BCUT2D eigenvalue weighted by Crippen LogP contribution is -2.31. The molecule has 0 heterocycles. The Balaban J connectivity index is 1.91. The molecule has 1 amide bonds. The Morgan fingerprint density at radius 1 is 1.10 bits per heavy atom. The van der Waals surface area contributed by atoms with Crippen LogP contribution in [-0.2, 0) is 20.7 Å². The van der Waals surface area contributed by atoms with Gasteiger partial charge in [-0.2, -0.15) is 0 Å². The zero-order valence-electron chi connectivity index (χ0n) is 17.5. The van der Waals surface area contributed by atoms with Crippen molar-refractivity contribution in [2.24, 2.45) is 0 Å². The molecule has 29 heavy (non-hydrogen) atoms. The molecule has 2 aromatic carbocycles. The second-order valence-electron chi connectivity index (χ2n) is 7.25. The van der Waals surface area contributed by atoms with Crippen molar-refractivity contribution in [2.75, 3.05) is 11.9 Å². The standard InChI is InChI=1S/C23H28ClNO4/c1-6-17-7-9-18(10-8-17)25-23(27)16(5)29-22(26)13-28-21-11-15(4)20(24)12-19(21)14(2)3/h7-12,14,16H,6,13H2,1-5H3,(H,25,27)/t16-/m1/s1. The summed E-state index contributed by atoms with van der Waals surface area (Å²) in [5.74, 6) is -0.237. The summed E-state index contributed by atoms with van der Waals surface area (Å²) >= 11 is 6.19. The Morgan fingerprint density at radius 2 is 1.76 bits per heavy atom. The number of ether oxygens (including phenoxy) is 2. The summed E-state index contributed by atoms with van der Waals surface area (Å²) in [6.07, 6.45) is -0.0121. The van der Waals surface area contributed by atoms with Crippen molar-refractivity contribution in [1.82, 2.24) is 0 Å². The van der Waals surface area contributed by atoms with E-state index in [4.69, 9.17) is 21.1 Å². The second-order valence-corrected chi connectivity index (χ2v) is 7.66. The fourth-order valence-electron chi connectivity index (χ4n) is 2.74. The molecular weight excluding hydrogens is 390 g/mol. The van der Waals surface area contributed by atoms with Crippen LogP contribution in [-0.4, -0.2) is 24.6 Å². The van der Waals surface area contributed by atoms with Crippen LogP contribution in [0.25, 0.3) is 0 Å². The maximum atomic E-state index is 12.3. The lowest BCUT2D eigenvalue weighted by atomic mass is 10.0. The molecule has 1 atom stereocenters. The molecule has 2 aromatic rings. The summed E-state index contributed by atoms with van der Waals surface area (Å²) in [5.41, 5.74) is 3.61. The maximum Gasteiger partial charge on any atom is 0.344 e. The summed E-state index contributed by atoms with van der Waals surface area (Å²) in [6, 6.07) is 11.2. The highest BCUT2D eigenvalue weighted by Crippen LogP contribution is 2.32. The van der Waals surface area contributed by atoms with Crippen LogP contribution in [0.4, 0.5) is 5.69 Å². The number of anilines is 1.